The second-order valence-electron chi connectivity index (χ2n) is 15.8. The molecule has 4 heterocycles. The summed E-state index contributed by atoms with van der Waals surface area (Å²) >= 11 is -2.20. The second kappa shape index (κ2) is 18.0. The minimum atomic E-state index is -2.20. The van der Waals surface area contributed by atoms with Crippen molar-refractivity contribution < 1.29 is 31.4 Å². The van der Waals surface area contributed by atoms with E-state index in [1.807, 2.05) is 86.8 Å². The SMILES string of the molecule is [2H]C([2H])(c1cc(-c2[c-]cccc2)nc[c]1[Ge]([CH3])([CH3])[CH3])C(C)C.[2H]C1(c2ccc3c(n2)oc2c(-c4cc(C([2H])([2H])C5CCCCC5)ccn4)[c-]ccc23)CCCCC1.[Ir]. The van der Waals surface area contributed by atoms with E-state index in [1.165, 1.54) is 12.8 Å². The largest absolute Gasteiger partial charge is 0.486 e. The van der Waals surface area contributed by atoms with Gasteiger partial charge in [-0.05, 0) is 49.0 Å². The molecule has 6 aromatic rings. The summed E-state index contributed by atoms with van der Waals surface area (Å²) in [4.78, 5) is 14.0. The Hall–Kier alpha value is -3.12. The Morgan fingerprint density at radius 2 is 1.62 bits per heavy atom. The third-order valence-electron chi connectivity index (χ3n) is 10.3. The van der Waals surface area contributed by atoms with Crippen LogP contribution in [0.5, 0.6) is 0 Å². The molecule has 2 fully saturated rings. The summed E-state index contributed by atoms with van der Waals surface area (Å²) in [5.74, 6) is 6.17. The van der Waals surface area contributed by atoms with Crippen LogP contribution in [0.3, 0.4) is 0 Å². The van der Waals surface area contributed by atoms with Gasteiger partial charge in [0.25, 0.3) is 0 Å². The molecule has 0 amide bonds. The Bertz CT molecular complexity index is 2330. The van der Waals surface area contributed by atoms with Crippen molar-refractivity contribution in [2.24, 2.45) is 11.8 Å². The maximum atomic E-state index is 8.96. The number of aromatic nitrogens is 3. The normalized spacial score (nSPS) is 18.2. The number of rotatable bonds is 8. The predicted molar refractivity (Wildman–Crippen MR) is 220 cm³/mol. The summed E-state index contributed by atoms with van der Waals surface area (Å²) in [5, 5.41) is 1.87. The van der Waals surface area contributed by atoms with Gasteiger partial charge in [-0.15, -0.1) is 18.2 Å². The monoisotopic (exact) mass is 949 g/mol. The molecule has 0 aliphatic heterocycles. The Morgan fingerprint density at radius 1 is 0.849 bits per heavy atom. The molecule has 0 atom stereocenters. The van der Waals surface area contributed by atoms with Crippen LogP contribution in [0, 0.1) is 24.0 Å². The van der Waals surface area contributed by atoms with Crippen molar-refractivity contribution >= 4 is 39.7 Å². The first-order valence-corrected chi connectivity index (χ1v) is 26.6. The van der Waals surface area contributed by atoms with Gasteiger partial charge in [0.15, 0.2) is 0 Å². The molecule has 1 radical (unpaired) electrons. The molecule has 279 valence electrons. The third kappa shape index (κ3) is 9.77. The topological polar surface area (TPSA) is 51.8 Å². The molecule has 6 heteroatoms. The van der Waals surface area contributed by atoms with Gasteiger partial charge in [0.1, 0.15) is 0 Å². The van der Waals surface area contributed by atoms with E-state index in [4.69, 9.17) is 16.3 Å². The summed E-state index contributed by atoms with van der Waals surface area (Å²) in [7, 11) is 0. The van der Waals surface area contributed by atoms with Gasteiger partial charge >= 0.3 is 128 Å². The summed E-state index contributed by atoms with van der Waals surface area (Å²) in [6, 6.07) is 27.7. The summed E-state index contributed by atoms with van der Waals surface area (Å²) in [5.41, 5.74) is 6.59. The molecule has 2 saturated carbocycles. The number of hydrogen-bond donors (Lipinski definition) is 0. The van der Waals surface area contributed by atoms with Crippen molar-refractivity contribution in [3.63, 3.8) is 0 Å². The van der Waals surface area contributed by atoms with E-state index < -0.39 is 31.9 Å². The Kier molecular flexibility index (Phi) is 11.3. The molecule has 2 aromatic carbocycles. The second-order valence-corrected chi connectivity index (χ2v) is 26.3. The van der Waals surface area contributed by atoms with Crippen LogP contribution in [0.25, 0.3) is 44.6 Å². The van der Waals surface area contributed by atoms with Crippen LogP contribution in [-0.2, 0) is 32.9 Å². The molecule has 0 bridgehead atoms. The fourth-order valence-electron chi connectivity index (χ4n) is 7.57. The zero-order chi connectivity index (χ0) is 40.6. The third-order valence-corrected chi connectivity index (χ3v) is 14.5. The fourth-order valence-corrected chi connectivity index (χ4v) is 10.5. The zero-order valence-corrected chi connectivity index (χ0v) is 36.3. The van der Waals surface area contributed by atoms with E-state index in [2.05, 4.69) is 39.4 Å². The number of pyridine rings is 3. The average Bonchev–Trinajstić information content (AvgIpc) is 3.60. The van der Waals surface area contributed by atoms with Crippen molar-refractivity contribution in [3.05, 3.63) is 108 Å². The molecule has 8 rings (SSSR count). The van der Waals surface area contributed by atoms with Crippen molar-refractivity contribution in [2.45, 2.75) is 114 Å². The van der Waals surface area contributed by atoms with Gasteiger partial charge in [0.05, 0.1) is 5.58 Å². The van der Waals surface area contributed by atoms with Gasteiger partial charge < -0.3 is 9.40 Å². The van der Waals surface area contributed by atoms with Crippen molar-refractivity contribution in [1.82, 2.24) is 15.0 Å². The first-order chi connectivity index (χ1) is 27.1. The Morgan fingerprint density at radius 3 is 2.34 bits per heavy atom. The minimum Gasteiger partial charge on any atom is -0.486 e. The molecule has 2 aliphatic rings. The van der Waals surface area contributed by atoms with Gasteiger partial charge in [0, 0.05) is 47.4 Å². The zero-order valence-electron chi connectivity index (χ0n) is 36.8. The van der Waals surface area contributed by atoms with Crippen LogP contribution in [0.15, 0.2) is 83.5 Å². The summed E-state index contributed by atoms with van der Waals surface area (Å²) < 4.78 is 51.3. The van der Waals surface area contributed by atoms with E-state index in [0.29, 0.717) is 22.6 Å². The van der Waals surface area contributed by atoms with Crippen LogP contribution in [-0.4, -0.2) is 28.2 Å². The van der Waals surface area contributed by atoms with Crippen molar-refractivity contribution in [1.29, 1.82) is 0 Å². The Balaban J connectivity index is 0.000000214. The van der Waals surface area contributed by atoms with Crippen molar-refractivity contribution in [2.75, 3.05) is 0 Å². The van der Waals surface area contributed by atoms with E-state index in [0.717, 1.165) is 94.6 Å². The quantitative estimate of drug-likeness (QED) is 0.113. The standard InChI is InChI=1S/C29H31N2O.C18H24GeN.Ir/c1-3-8-20(9-4-1)18-21-16-17-30-27(19-21)25-13-7-12-23-24-14-15-26(22-10-5-2-6-11-22)31-29(24)32-28(23)25;1-14(2)11-16-12-18(15-9-7-6-8-10-15)20-13-17(16)19(3,4)5;/h7,12,14-17,19-20,22H,1-6,8-11,18H2;6-9,12-14H,11H2,1-5H3;/q2*-1;/i18D2,22D;11D2;. The first kappa shape index (κ1) is 33.2. The summed E-state index contributed by atoms with van der Waals surface area (Å²) in [6.45, 7) is 3.88. The number of fused-ring (bicyclic) bond motifs is 3. The molecular formula is C47H55GeIrN3O-2. The van der Waals surface area contributed by atoms with Gasteiger partial charge in [-0.1, -0.05) is 73.9 Å². The molecule has 0 spiro atoms. The molecule has 0 unspecified atom stereocenters. The molecule has 4 aromatic heterocycles. The van der Waals surface area contributed by atoms with Crippen LogP contribution < -0.4 is 4.40 Å². The fraction of sp³-hybridized carbons (Fsp3) is 0.426. The molecule has 53 heavy (non-hydrogen) atoms. The van der Waals surface area contributed by atoms with Gasteiger partial charge in [0.2, 0.25) is 5.71 Å². The van der Waals surface area contributed by atoms with Gasteiger partial charge in [-0.3, -0.25) is 0 Å². The number of nitrogens with zero attached hydrogens (tertiary/aromatic N) is 3. The van der Waals surface area contributed by atoms with Crippen molar-refractivity contribution in [3.8, 4) is 22.5 Å². The van der Waals surface area contributed by atoms with E-state index in [9.17, 15) is 0 Å². The van der Waals surface area contributed by atoms with E-state index in [1.54, 1.807) is 6.20 Å². The van der Waals surface area contributed by atoms with E-state index >= 15 is 0 Å². The first-order valence-electron chi connectivity index (χ1n) is 21.8. The maximum Gasteiger partial charge on any atom is 0.216 e. The molecule has 0 saturated heterocycles. The number of furan rings is 1. The predicted octanol–water partition coefficient (Wildman–Crippen LogP) is 12.3. The van der Waals surface area contributed by atoms with Gasteiger partial charge in [-0.2, -0.15) is 0 Å². The number of benzene rings is 2. The van der Waals surface area contributed by atoms with Crippen LogP contribution in [0.1, 0.15) is 108 Å². The average molecular weight is 948 g/mol. The maximum absolute atomic E-state index is 8.96. The van der Waals surface area contributed by atoms with E-state index in [-0.39, 0.29) is 31.9 Å². The van der Waals surface area contributed by atoms with Crippen LogP contribution in [0.2, 0.25) is 17.3 Å². The molecular weight excluding hydrogens is 887 g/mol. The minimum absolute atomic E-state index is 0. The summed E-state index contributed by atoms with van der Waals surface area (Å²) in [6.07, 6.45) is 11.1. The molecule has 2 aliphatic carbocycles. The van der Waals surface area contributed by atoms with Crippen LogP contribution >= 0.6 is 0 Å². The Labute approximate surface area is 340 Å². The smallest absolute Gasteiger partial charge is 0.216 e. The van der Waals surface area contributed by atoms with Gasteiger partial charge in [-0.25, -0.2) is 4.98 Å². The number of hydrogen-bond acceptors (Lipinski definition) is 4. The van der Waals surface area contributed by atoms with Crippen LogP contribution in [0.4, 0.5) is 0 Å². The molecule has 4 nitrogen and oxygen atoms in total. The molecule has 0 N–H and O–H groups in total.